The fraction of sp³-hybridized carbons (Fsp3) is 0.0526. The van der Waals surface area contributed by atoms with Crippen molar-refractivity contribution >= 4 is 44.6 Å². The van der Waals surface area contributed by atoms with Crippen LogP contribution in [0.3, 0.4) is 0 Å². The monoisotopic (exact) mass is 414 g/mol. The molecule has 26 heavy (non-hydrogen) atoms. The standard InChI is InChI=1S/C19H15BrN2O4/c20-19-15-6-2-1-4-13(15)7-9-16(19)26-12-18(24)22-21-17(23)10-8-14-5-3-11-25-14/h1-11H,12H2,(H,21,23)(H,22,24)/b10-8+. The van der Waals surface area contributed by atoms with Gasteiger partial charge in [0.2, 0.25) is 0 Å². The number of carbonyl (C=O) groups excluding carboxylic acids is 2. The van der Waals surface area contributed by atoms with E-state index in [9.17, 15) is 9.59 Å². The van der Waals surface area contributed by atoms with Gasteiger partial charge in [-0.3, -0.25) is 20.4 Å². The number of benzene rings is 2. The van der Waals surface area contributed by atoms with Gasteiger partial charge in [-0.15, -0.1) is 0 Å². The number of amides is 2. The Labute approximate surface area is 157 Å². The molecule has 7 heteroatoms. The summed E-state index contributed by atoms with van der Waals surface area (Å²) in [5.41, 5.74) is 4.55. The maximum absolute atomic E-state index is 11.8. The topological polar surface area (TPSA) is 80.6 Å². The first-order valence-corrected chi connectivity index (χ1v) is 8.53. The summed E-state index contributed by atoms with van der Waals surface area (Å²) in [6, 6.07) is 14.9. The van der Waals surface area contributed by atoms with Gasteiger partial charge in [0, 0.05) is 6.08 Å². The number of rotatable bonds is 5. The molecule has 0 aliphatic carbocycles. The van der Waals surface area contributed by atoms with Crippen LogP contribution in [-0.2, 0) is 9.59 Å². The molecule has 0 spiro atoms. The second kappa shape index (κ2) is 8.35. The number of hydrogen-bond acceptors (Lipinski definition) is 4. The summed E-state index contributed by atoms with van der Waals surface area (Å²) in [5.74, 6) is 0.116. The van der Waals surface area contributed by atoms with Crippen molar-refractivity contribution in [3.63, 3.8) is 0 Å². The zero-order valence-electron chi connectivity index (χ0n) is 13.6. The number of halogens is 1. The SMILES string of the molecule is O=C(/C=C/c1ccco1)NNC(=O)COc1ccc2ccccc2c1Br. The second-order valence-electron chi connectivity index (χ2n) is 5.27. The highest BCUT2D eigenvalue weighted by Crippen LogP contribution is 2.32. The van der Waals surface area contributed by atoms with Crippen molar-refractivity contribution in [3.8, 4) is 5.75 Å². The Morgan fingerprint density at radius 2 is 1.92 bits per heavy atom. The zero-order chi connectivity index (χ0) is 18.4. The van der Waals surface area contributed by atoms with E-state index in [2.05, 4.69) is 26.8 Å². The minimum Gasteiger partial charge on any atom is -0.483 e. The molecule has 1 heterocycles. The summed E-state index contributed by atoms with van der Waals surface area (Å²) in [4.78, 5) is 23.4. The first-order chi connectivity index (χ1) is 12.6. The van der Waals surface area contributed by atoms with E-state index in [1.807, 2.05) is 30.3 Å². The molecule has 0 bridgehead atoms. The first kappa shape index (κ1) is 17.8. The van der Waals surface area contributed by atoms with E-state index in [4.69, 9.17) is 9.15 Å². The molecule has 1 aromatic heterocycles. The number of fused-ring (bicyclic) bond motifs is 1. The van der Waals surface area contributed by atoms with Gasteiger partial charge in [-0.25, -0.2) is 0 Å². The van der Waals surface area contributed by atoms with Gasteiger partial charge in [0.05, 0.1) is 10.7 Å². The van der Waals surface area contributed by atoms with E-state index in [1.54, 1.807) is 18.2 Å². The van der Waals surface area contributed by atoms with Gasteiger partial charge in [-0.1, -0.05) is 30.3 Å². The van der Waals surface area contributed by atoms with E-state index in [-0.39, 0.29) is 6.61 Å². The van der Waals surface area contributed by atoms with E-state index in [0.717, 1.165) is 15.2 Å². The van der Waals surface area contributed by atoms with Crippen LogP contribution in [0.25, 0.3) is 16.8 Å². The highest BCUT2D eigenvalue weighted by Gasteiger charge is 2.09. The van der Waals surface area contributed by atoms with Crippen LogP contribution in [-0.4, -0.2) is 18.4 Å². The summed E-state index contributed by atoms with van der Waals surface area (Å²) in [5, 5.41) is 2.05. The molecule has 0 atom stereocenters. The van der Waals surface area contributed by atoms with Crippen LogP contribution in [0, 0.1) is 0 Å². The predicted octanol–water partition coefficient (Wildman–Crippen LogP) is 3.43. The van der Waals surface area contributed by atoms with Crippen LogP contribution in [0.2, 0.25) is 0 Å². The van der Waals surface area contributed by atoms with Gasteiger partial charge in [-0.05, 0) is 51.0 Å². The molecule has 2 N–H and O–H groups in total. The summed E-state index contributed by atoms with van der Waals surface area (Å²) in [6.07, 6.45) is 4.24. The number of furan rings is 1. The highest BCUT2D eigenvalue weighted by atomic mass is 79.9. The average Bonchev–Trinajstić information content (AvgIpc) is 3.18. The summed E-state index contributed by atoms with van der Waals surface area (Å²) < 4.78 is 11.3. The van der Waals surface area contributed by atoms with Crippen molar-refractivity contribution in [2.24, 2.45) is 0 Å². The van der Waals surface area contributed by atoms with Crippen LogP contribution >= 0.6 is 15.9 Å². The largest absolute Gasteiger partial charge is 0.483 e. The third kappa shape index (κ3) is 4.52. The van der Waals surface area contributed by atoms with Crippen molar-refractivity contribution in [2.75, 3.05) is 6.61 Å². The van der Waals surface area contributed by atoms with Gasteiger partial charge >= 0.3 is 0 Å². The Morgan fingerprint density at radius 1 is 1.08 bits per heavy atom. The van der Waals surface area contributed by atoms with E-state index in [1.165, 1.54) is 18.4 Å². The number of nitrogens with one attached hydrogen (secondary N) is 2. The first-order valence-electron chi connectivity index (χ1n) is 7.74. The highest BCUT2D eigenvalue weighted by molar-refractivity contribution is 9.10. The van der Waals surface area contributed by atoms with E-state index >= 15 is 0 Å². The van der Waals surface area contributed by atoms with Gasteiger partial charge in [0.1, 0.15) is 11.5 Å². The Morgan fingerprint density at radius 3 is 2.73 bits per heavy atom. The Bertz CT molecular complexity index is 951. The van der Waals surface area contributed by atoms with Gasteiger partial charge < -0.3 is 9.15 Å². The molecule has 2 aromatic carbocycles. The normalized spacial score (nSPS) is 10.8. The van der Waals surface area contributed by atoms with Gasteiger partial charge in [-0.2, -0.15) is 0 Å². The lowest BCUT2D eigenvalue weighted by Crippen LogP contribution is -2.43. The lowest BCUT2D eigenvalue weighted by Gasteiger charge is -2.10. The Balaban J connectivity index is 1.50. The maximum Gasteiger partial charge on any atom is 0.276 e. The molecular weight excluding hydrogens is 400 g/mol. The molecule has 0 radical (unpaired) electrons. The molecular formula is C19H15BrN2O4. The third-order valence-electron chi connectivity index (χ3n) is 3.45. The summed E-state index contributed by atoms with van der Waals surface area (Å²) in [6.45, 7) is -0.237. The fourth-order valence-electron chi connectivity index (χ4n) is 2.22. The Kier molecular flexibility index (Phi) is 5.70. The van der Waals surface area contributed by atoms with Gasteiger partial charge in [0.15, 0.2) is 6.61 Å². The van der Waals surface area contributed by atoms with Crippen molar-refractivity contribution in [1.82, 2.24) is 10.9 Å². The molecule has 2 amide bonds. The minimum atomic E-state index is -0.485. The van der Waals surface area contributed by atoms with Crippen LogP contribution in [0.4, 0.5) is 0 Å². The molecule has 0 fully saturated rings. The van der Waals surface area contributed by atoms with Crippen molar-refractivity contribution in [2.45, 2.75) is 0 Å². The number of ether oxygens (including phenoxy) is 1. The molecule has 0 saturated carbocycles. The van der Waals surface area contributed by atoms with Crippen LogP contribution < -0.4 is 15.6 Å². The van der Waals surface area contributed by atoms with Crippen molar-refractivity contribution < 1.29 is 18.7 Å². The van der Waals surface area contributed by atoms with E-state index < -0.39 is 11.8 Å². The molecule has 0 unspecified atom stereocenters. The van der Waals surface area contributed by atoms with Crippen LogP contribution in [0.5, 0.6) is 5.75 Å². The quantitative estimate of drug-likeness (QED) is 0.494. The summed E-state index contributed by atoms with van der Waals surface area (Å²) in [7, 11) is 0. The number of carbonyl (C=O) groups is 2. The summed E-state index contributed by atoms with van der Waals surface area (Å²) >= 11 is 3.49. The number of hydrogen-bond donors (Lipinski definition) is 2. The molecule has 3 aromatic rings. The fourth-order valence-corrected chi connectivity index (χ4v) is 2.83. The van der Waals surface area contributed by atoms with Crippen LogP contribution in [0.15, 0.2) is 69.8 Å². The van der Waals surface area contributed by atoms with Crippen molar-refractivity contribution in [3.05, 3.63) is 71.1 Å². The van der Waals surface area contributed by atoms with Gasteiger partial charge in [0.25, 0.3) is 11.8 Å². The minimum absolute atomic E-state index is 0.237. The molecule has 0 aliphatic heterocycles. The maximum atomic E-state index is 11.8. The average molecular weight is 415 g/mol. The lowest BCUT2D eigenvalue weighted by atomic mass is 10.1. The second-order valence-corrected chi connectivity index (χ2v) is 6.07. The number of hydrazine groups is 1. The predicted molar refractivity (Wildman–Crippen MR) is 101 cm³/mol. The van der Waals surface area contributed by atoms with E-state index in [0.29, 0.717) is 11.5 Å². The lowest BCUT2D eigenvalue weighted by molar-refractivity contribution is -0.128. The molecule has 3 rings (SSSR count). The van der Waals surface area contributed by atoms with Crippen LogP contribution in [0.1, 0.15) is 5.76 Å². The molecule has 132 valence electrons. The third-order valence-corrected chi connectivity index (χ3v) is 4.27. The zero-order valence-corrected chi connectivity index (χ0v) is 15.2. The smallest absolute Gasteiger partial charge is 0.276 e. The molecule has 0 saturated heterocycles. The molecule has 0 aliphatic rings. The Hall–Kier alpha value is -3.06. The molecule has 6 nitrogen and oxygen atoms in total. The van der Waals surface area contributed by atoms with Crippen molar-refractivity contribution in [1.29, 1.82) is 0 Å².